The Morgan fingerprint density at radius 2 is 2.57 bits per heavy atom. The van der Waals surface area contributed by atoms with Crippen molar-refractivity contribution in [3.63, 3.8) is 0 Å². The lowest BCUT2D eigenvalue weighted by Gasteiger charge is -2.25. The van der Waals surface area contributed by atoms with E-state index < -0.39 is 6.10 Å². The van der Waals surface area contributed by atoms with E-state index in [1.54, 1.807) is 0 Å². The molecule has 0 amide bonds. The first-order valence-electron chi connectivity index (χ1n) is 6.27. The Kier molecular flexibility index (Phi) is 2.93. The summed E-state index contributed by atoms with van der Waals surface area (Å²) < 4.78 is 14.0. The Labute approximate surface area is 88.8 Å². The van der Waals surface area contributed by atoms with Gasteiger partial charge in [0.05, 0.1) is 8.85 Å². The summed E-state index contributed by atoms with van der Waals surface area (Å²) in [5, 5.41) is 10.1. The molecule has 2 heteroatoms. The topological polar surface area (TPSA) is 37.3 Å². The Bertz CT molecular complexity index is 285. The van der Waals surface area contributed by atoms with Gasteiger partial charge in [0, 0.05) is 12.3 Å². The summed E-state index contributed by atoms with van der Waals surface area (Å²) in [6.07, 6.45) is 2.76. The molecule has 0 bridgehead atoms. The van der Waals surface area contributed by atoms with Crippen LogP contribution in [0, 0.1) is 17.8 Å². The van der Waals surface area contributed by atoms with Gasteiger partial charge in [0.1, 0.15) is 5.78 Å². The molecule has 0 heterocycles. The van der Waals surface area contributed by atoms with Crippen LogP contribution in [0.1, 0.15) is 35.9 Å². The van der Waals surface area contributed by atoms with Gasteiger partial charge in [-0.2, -0.15) is 0 Å². The van der Waals surface area contributed by atoms with E-state index in [1.807, 2.05) is 13.8 Å². The maximum atomic E-state index is 11.6. The second-order valence-electron chi connectivity index (χ2n) is 4.42. The van der Waals surface area contributed by atoms with Gasteiger partial charge >= 0.3 is 0 Å². The van der Waals surface area contributed by atoms with E-state index in [0.717, 1.165) is 6.42 Å². The van der Waals surface area contributed by atoms with Crippen molar-refractivity contribution < 1.29 is 12.6 Å². The summed E-state index contributed by atoms with van der Waals surface area (Å²) in [6, 6.07) is 0. The molecule has 1 rings (SSSR count). The van der Waals surface area contributed by atoms with Crippen LogP contribution in [-0.4, -0.2) is 17.0 Å². The van der Waals surface area contributed by atoms with Gasteiger partial charge < -0.3 is 5.11 Å². The number of aliphatic hydroxyl groups is 1. The van der Waals surface area contributed by atoms with Gasteiger partial charge in [-0.1, -0.05) is 19.9 Å². The number of allylic oxidation sites excluding steroid dienone is 1. The van der Waals surface area contributed by atoms with Crippen molar-refractivity contribution >= 4 is 5.78 Å². The van der Waals surface area contributed by atoms with Crippen molar-refractivity contribution in [3.8, 4) is 0 Å². The highest BCUT2D eigenvalue weighted by atomic mass is 16.3. The molecule has 0 saturated heterocycles. The molecule has 1 aliphatic carbocycles. The van der Waals surface area contributed by atoms with Crippen LogP contribution in [0.2, 0.25) is 0 Å². The first-order chi connectivity index (χ1) is 7.43. The highest BCUT2D eigenvalue weighted by Crippen LogP contribution is 2.34. The van der Waals surface area contributed by atoms with Crippen LogP contribution in [0.25, 0.3) is 0 Å². The number of hydrogen-bond donors (Lipinski definition) is 1. The highest BCUT2D eigenvalue weighted by Gasteiger charge is 2.38. The fourth-order valence-corrected chi connectivity index (χ4v) is 2.24. The lowest BCUT2D eigenvalue weighted by atomic mass is 9.84. The van der Waals surface area contributed by atoms with E-state index in [0.29, 0.717) is 12.8 Å². The summed E-state index contributed by atoms with van der Waals surface area (Å²) >= 11 is 0. The SMILES string of the molecule is [2H]C([2H])=CC[C@@H](C)[C@@H](O)[C@H]1C(=O)CCC1C. The molecule has 1 fully saturated rings. The molecule has 0 aromatic heterocycles. The summed E-state index contributed by atoms with van der Waals surface area (Å²) in [6.45, 7) is 3.63. The molecule has 2 nitrogen and oxygen atoms in total. The van der Waals surface area contributed by atoms with E-state index in [2.05, 4.69) is 0 Å². The van der Waals surface area contributed by atoms with Gasteiger partial charge in [0.2, 0.25) is 0 Å². The second kappa shape index (κ2) is 4.74. The van der Waals surface area contributed by atoms with Gasteiger partial charge in [0.15, 0.2) is 0 Å². The summed E-state index contributed by atoms with van der Waals surface area (Å²) in [5.41, 5.74) is 0. The fraction of sp³-hybridized carbons (Fsp3) is 0.750. The standard InChI is InChI=1S/C12H20O2/c1-4-5-9(3)12(14)11-8(2)6-7-10(11)13/h4,8-9,11-12,14H,1,5-7H2,2-3H3/t8?,9-,11-,12-/m1/s1/i1D2. The zero-order valence-corrected chi connectivity index (χ0v) is 8.86. The largest absolute Gasteiger partial charge is 0.392 e. The van der Waals surface area contributed by atoms with E-state index in [-0.39, 0.29) is 30.1 Å². The number of carbonyl (C=O) groups is 1. The lowest BCUT2D eigenvalue weighted by molar-refractivity contribution is -0.125. The average molecular weight is 198 g/mol. The van der Waals surface area contributed by atoms with Crippen molar-refractivity contribution in [1.82, 2.24) is 0 Å². The minimum absolute atomic E-state index is 0.0693. The van der Waals surface area contributed by atoms with Crippen LogP contribution < -0.4 is 0 Å². The second-order valence-corrected chi connectivity index (χ2v) is 4.42. The minimum atomic E-state index is -0.638. The molecule has 0 aromatic rings. The van der Waals surface area contributed by atoms with Crippen molar-refractivity contribution in [2.75, 3.05) is 0 Å². The fourth-order valence-electron chi connectivity index (χ4n) is 2.24. The zero-order chi connectivity index (χ0) is 12.3. The van der Waals surface area contributed by atoms with Crippen LogP contribution in [-0.2, 0) is 4.79 Å². The molecule has 80 valence electrons. The van der Waals surface area contributed by atoms with E-state index >= 15 is 0 Å². The number of ketones is 1. The van der Waals surface area contributed by atoms with Gasteiger partial charge in [-0.05, 0) is 24.7 Å². The summed E-state index contributed by atoms with van der Waals surface area (Å²) in [4.78, 5) is 11.6. The van der Waals surface area contributed by atoms with Crippen LogP contribution in [0.15, 0.2) is 12.6 Å². The quantitative estimate of drug-likeness (QED) is 0.703. The van der Waals surface area contributed by atoms with Crippen molar-refractivity contribution in [3.05, 3.63) is 12.6 Å². The Balaban J connectivity index is 2.59. The van der Waals surface area contributed by atoms with Gasteiger partial charge in [0.25, 0.3) is 0 Å². The van der Waals surface area contributed by atoms with Crippen LogP contribution in [0.5, 0.6) is 0 Å². The molecule has 1 N–H and O–H groups in total. The summed E-state index contributed by atoms with van der Waals surface area (Å²) in [7, 11) is 0. The van der Waals surface area contributed by atoms with Gasteiger partial charge in [-0.25, -0.2) is 0 Å². The van der Waals surface area contributed by atoms with Gasteiger partial charge in [-0.15, -0.1) is 6.53 Å². The van der Waals surface area contributed by atoms with Gasteiger partial charge in [-0.3, -0.25) is 4.79 Å². The number of Topliss-reactive ketones (excluding diaryl/α,β-unsaturated/α-hetero) is 1. The average Bonchev–Trinajstić information content (AvgIpc) is 2.54. The van der Waals surface area contributed by atoms with E-state index in [1.165, 1.54) is 6.08 Å². The van der Waals surface area contributed by atoms with Crippen LogP contribution >= 0.6 is 0 Å². The zero-order valence-electron chi connectivity index (χ0n) is 10.9. The predicted molar refractivity (Wildman–Crippen MR) is 56.9 cm³/mol. The molecule has 14 heavy (non-hydrogen) atoms. The molecule has 0 aliphatic heterocycles. The van der Waals surface area contributed by atoms with Crippen molar-refractivity contribution in [2.45, 2.75) is 39.2 Å². The predicted octanol–water partition coefficient (Wildman–Crippen LogP) is 2.17. The smallest absolute Gasteiger partial charge is 0.138 e. The Morgan fingerprint density at radius 1 is 1.86 bits per heavy atom. The number of carbonyl (C=O) groups excluding carboxylic acids is 1. The molecule has 1 saturated carbocycles. The number of aliphatic hydroxyl groups excluding tert-OH is 1. The summed E-state index contributed by atoms with van der Waals surface area (Å²) in [5.74, 6) is 0.0942. The first-order valence-corrected chi connectivity index (χ1v) is 5.27. The van der Waals surface area contributed by atoms with Crippen LogP contribution in [0.3, 0.4) is 0 Å². The Morgan fingerprint density at radius 3 is 3.07 bits per heavy atom. The molecular formula is C12H20O2. The first kappa shape index (κ1) is 8.66. The maximum Gasteiger partial charge on any atom is 0.138 e. The third-order valence-corrected chi connectivity index (χ3v) is 3.27. The monoisotopic (exact) mass is 198 g/mol. The maximum absolute atomic E-state index is 11.6. The molecule has 0 radical (unpaired) electrons. The third-order valence-electron chi connectivity index (χ3n) is 3.27. The van der Waals surface area contributed by atoms with E-state index in [4.69, 9.17) is 2.74 Å². The molecule has 1 unspecified atom stereocenters. The molecular weight excluding hydrogens is 176 g/mol. The molecule has 4 atom stereocenters. The number of rotatable bonds is 4. The molecule has 0 aromatic carbocycles. The lowest BCUT2D eigenvalue weighted by Crippen LogP contribution is -2.33. The molecule has 0 spiro atoms. The highest BCUT2D eigenvalue weighted by molar-refractivity contribution is 5.83. The normalized spacial score (nSPS) is 33.2. The number of hydrogen-bond acceptors (Lipinski definition) is 2. The van der Waals surface area contributed by atoms with Crippen molar-refractivity contribution in [2.24, 2.45) is 17.8 Å². The molecule has 1 aliphatic rings. The minimum Gasteiger partial charge on any atom is -0.392 e. The van der Waals surface area contributed by atoms with Crippen molar-refractivity contribution in [1.29, 1.82) is 0 Å². The van der Waals surface area contributed by atoms with Crippen LogP contribution in [0.4, 0.5) is 0 Å². The third kappa shape index (κ3) is 2.24. The Hall–Kier alpha value is -0.630. The van der Waals surface area contributed by atoms with E-state index in [9.17, 15) is 9.90 Å².